The summed E-state index contributed by atoms with van der Waals surface area (Å²) >= 11 is 0. The highest BCUT2D eigenvalue weighted by molar-refractivity contribution is 5.69. The number of rotatable bonds is 3. The molecule has 7 nitrogen and oxygen atoms in total. The quantitative estimate of drug-likeness (QED) is 0.891. The molecule has 1 aliphatic rings. The molecule has 1 aliphatic heterocycles. The molecule has 0 aliphatic carbocycles. The summed E-state index contributed by atoms with van der Waals surface area (Å²) in [5, 5.41) is 2.80. The molecule has 0 radical (unpaired) electrons. The maximum absolute atomic E-state index is 12.5. The van der Waals surface area contributed by atoms with Gasteiger partial charge < -0.3 is 19.5 Å². The maximum atomic E-state index is 12.5. The molecule has 26 heavy (non-hydrogen) atoms. The summed E-state index contributed by atoms with van der Waals surface area (Å²) in [6.07, 6.45) is -0.816. The molecule has 1 heterocycles. The monoisotopic (exact) mass is 364 g/mol. The Morgan fingerprint density at radius 2 is 1.96 bits per heavy atom. The normalized spacial score (nSPS) is 20.8. The molecule has 0 saturated carbocycles. The topological polar surface area (TPSA) is 77.1 Å². The molecular weight excluding hydrogens is 336 g/mol. The zero-order valence-corrected chi connectivity index (χ0v) is 15.9. The Labute approximate surface area is 154 Å². The van der Waals surface area contributed by atoms with Gasteiger partial charge in [0.25, 0.3) is 0 Å². The van der Waals surface area contributed by atoms with Crippen molar-refractivity contribution in [3.05, 3.63) is 35.9 Å². The van der Waals surface area contributed by atoms with Gasteiger partial charge in [-0.15, -0.1) is 0 Å². The van der Waals surface area contributed by atoms with Crippen LogP contribution in [0.25, 0.3) is 0 Å². The lowest BCUT2D eigenvalue weighted by Crippen LogP contribution is -2.48. The molecule has 144 valence electrons. The number of carbonyl (C=O) groups is 2. The van der Waals surface area contributed by atoms with Gasteiger partial charge in [0, 0.05) is 6.54 Å². The third kappa shape index (κ3) is 6.55. The second-order valence-corrected chi connectivity index (χ2v) is 7.29. The third-order valence-corrected chi connectivity index (χ3v) is 3.84. The van der Waals surface area contributed by atoms with E-state index in [1.807, 2.05) is 30.3 Å². The Kier molecular flexibility index (Phi) is 6.85. The Hall–Kier alpha value is -2.28. The summed E-state index contributed by atoms with van der Waals surface area (Å²) in [7, 11) is 0. The van der Waals surface area contributed by atoms with Gasteiger partial charge >= 0.3 is 12.2 Å². The number of ether oxygens (including phenoxy) is 3. The van der Waals surface area contributed by atoms with Crippen LogP contribution >= 0.6 is 0 Å². The first-order valence-corrected chi connectivity index (χ1v) is 8.83. The molecule has 2 atom stereocenters. The van der Waals surface area contributed by atoms with E-state index in [0.29, 0.717) is 19.6 Å². The second-order valence-electron chi connectivity index (χ2n) is 7.29. The van der Waals surface area contributed by atoms with Crippen LogP contribution in [0.15, 0.2) is 30.3 Å². The molecular formula is C19H28N2O5. The number of hydrogen-bond acceptors (Lipinski definition) is 5. The number of amides is 2. The summed E-state index contributed by atoms with van der Waals surface area (Å²) < 4.78 is 16.3. The van der Waals surface area contributed by atoms with E-state index >= 15 is 0 Å². The van der Waals surface area contributed by atoms with Crippen molar-refractivity contribution in [3.8, 4) is 0 Å². The fourth-order valence-electron chi connectivity index (χ4n) is 2.57. The molecule has 0 spiro atoms. The predicted octanol–water partition coefficient (Wildman–Crippen LogP) is 3.28. The number of alkyl carbamates (subject to hydrolysis) is 1. The first-order chi connectivity index (χ1) is 12.2. The summed E-state index contributed by atoms with van der Waals surface area (Å²) in [5.41, 5.74) is 0.333. The molecule has 0 bridgehead atoms. The molecule has 7 heteroatoms. The van der Waals surface area contributed by atoms with Gasteiger partial charge in [-0.25, -0.2) is 9.59 Å². The van der Waals surface area contributed by atoms with E-state index in [1.165, 1.54) is 4.90 Å². The van der Waals surface area contributed by atoms with E-state index in [9.17, 15) is 9.59 Å². The molecule has 2 rings (SSSR count). The third-order valence-electron chi connectivity index (χ3n) is 3.84. The highest BCUT2D eigenvalue weighted by Gasteiger charge is 2.30. The molecule has 2 amide bonds. The fraction of sp³-hybridized carbons (Fsp3) is 0.579. The second kappa shape index (κ2) is 8.89. The minimum atomic E-state index is -0.576. The molecule has 0 aromatic heterocycles. The molecule has 0 unspecified atom stereocenters. The summed E-state index contributed by atoms with van der Waals surface area (Å²) in [6.45, 7) is 8.12. The minimum absolute atomic E-state index is 0.188. The van der Waals surface area contributed by atoms with Crippen molar-refractivity contribution in [2.45, 2.75) is 58.6 Å². The van der Waals surface area contributed by atoms with Crippen molar-refractivity contribution in [1.82, 2.24) is 10.2 Å². The van der Waals surface area contributed by atoms with E-state index in [-0.39, 0.29) is 12.6 Å². The lowest BCUT2D eigenvalue weighted by molar-refractivity contribution is -0.0293. The van der Waals surface area contributed by atoms with Crippen LogP contribution in [-0.2, 0) is 20.8 Å². The van der Waals surface area contributed by atoms with Crippen molar-refractivity contribution >= 4 is 12.2 Å². The number of nitrogens with zero attached hydrogens (tertiary/aromatic N) is 1. The van der Waals surface area contributed by atoms with E-state index in [1.54, 1.807) is 27.7 Å². The minimum Gasteiger partial charge on any atom is -0.444 e. The smallest absolute Gasteiger partial charge is 0.412 e. The number of hydrogen-bond donors (Lipinski definition) is 1. The summed E-state index contributed by atoms with van der Waals surface area (Å²) in [4.78, 5) is 26.0. The predicted molar refractivity (Wildman–Crippen MR) is 96.5 cm³/mol. The van der Waals surface area contributed by atoms with Gasteiger partial charge in [0.1, 0.15) is 18.4 Å². The Morgan fingerprint density at radius 3 is 2.62 bits per heavy atom. The van der Waals surface area contributed by atoms with Gasteiger partial charge in [-0.2, -0.15) is 0 Å². The Balaban J connectivity index is 1.92. The molecule has 1 aromatic carbocycles. The summed E-state index contributed by atoms with van der Waals surface area (Å²) in [5.74, 6) is 0. The van der Waals surface area contributed by atoms with E-state index in [2.05, 4.69) is 5.32 Å². The van der Waals surface area contributed by atoms with Crippen molar-refractivity contribution in [1.29, 1.82) is 0 Å². The van der Waals surface area contributed by atoms with Crippen LogP contribution in [-0.4, -0.2) is 48.1 Å². The van der Waals surface area contributed by atoms with Crippen LogP contribution in [0.3, 0.4) is 0 Å². The number of nitrogens with one attached hydrogen (secondary N) is 1. The highest BCUT2D eigenvalue weighted by atomic mass is 16.6. The van der Waals surface area contributed by atoms with Crippen molar-refractivity contribution in [2.24, 2.45) is 0 Å². The van der Waals surface area contributed by atoms with E-state index < -0.39 is 24.0 Å². The molecule has 1 saturated heterocycles. The average molecular weight is 364 g/mol. The number of benzene rings is 1. The first-order valence-electron chi connectivity index (χ1n) is 8.83. The zero-order valence-electron chi connectivity index (χ0n) is 15.9. The Bertz CT molecular complexity index is 600. The fourth-order valence-corrected chi connectivity index (χ4v) is 2.57. The van der Waals surface area contributed by atoms with Crippen LogP contribution in [0, 0.1) is 0 Å². The molecule has 1 aromatic rings. The largest absolute Gasteiger partial charge is 0.444 e. The van der Waals surface area contributed by atoms with Crippen LogP contribution < -0.4 is 5.32 Å². The van der Waals surface area contributed by atoms with Crippen LogP contribution in [0.1, 0.15) is 39.7 Å². The maximum Gasteiger partial charge on any atom is 0.412 e. The van der Waals surface area contributed by atoms with Crippen molar-refractivity contribution in [3.63, 3.8) is 0 Å². The van der Waals surface area contributed by atoms with Gasteiger partial charge in [-0.1, -0.05) is 30.3 Å². The lowest BCUT2D eigenvalue weighted by atomic mass is 10.2. The van der Waals surface area contributed by atoms with Crippen molar-refractivity contribution < 1.29 is 23.8 Å². The van der Waals surface area contributed by atoms with Gasteiger partial charge in [0.15, 0.2) is 0 Å². The Morgan fingerprint density at radius 1 is 1.27 bits per heavy atom. The molecule has 1 N–H and O–H groups in total. The standard InChI is InChI=1S/C19H28N2O5/c1-14-21(18(23)25-13-15-8-6-5-7-9-15)12-16(10-11-24-14)20-17(22)26-19(2,3)4/h5-9,14,16H,10-13H2,1-4H3,(H,20,22)/t14-,16-/m0/s1. The SMILES string of the molecule is C[C@@H]1OCC[C@H](NC(=O)OC(C)(C)C)CN1C(=O)OCc1ccccc1. The van der Waals surface area contributed by atoms with E-state index in [4.69, 9.17) is 14.2 Å². The van der Waals surface area contributed by atoms with E-state index in [0.717, 1.165) is 5.56 Å². The van der Waals surface area contributed by atoms with Gasteiger partial charge in [-0.3, -0.25) is 4.90 Å². The van der Waals surface area contributed by atoms with Gasteiger partial charge in [-0.05, 0) is 39.7 Å². The summed E-state index contributed by atoms with van der Waals surface area (Å²) in [6, 6.07) is 9.20. The number of carbonyl (C=O) groups excluding carboxylic acids is 2. The van der Waals surface area contributed by atoms with Crippen LogP contribution in [0.4, 0.5) is 9.59 Å². The zero-order chi connectivity index (χ0) is 19.2. The van der Waals surface area contributed by atoms with Gasteiger partial charge in [0.05, 0.1) is 12.6 Å². The highest BCUT2D eigenvalue weighted by Crippen LogP contribution is 2.15. The molecule has 1 fully saturated rings. The van der Waals surface area contributed by atoms with Crippen LogP contribution in [0.2, 0.25) is 0 Å². The first kappa shape index (κ1) is 20.0. The average Bonchev–Trinajstić information content (AvgIpc) is 2.73. The van der Waals surface area contributed by atoms with Crippen molar-refractivity contribution in [2.75, 3.05) is 13.2 Å². The van der Waals surface area contributed by atoms with Gasteiger partial charge in [0.2, 0.25) is 0 Å². The van der Waals surface area contributed by atoms with Crippen LogP contribution in [0.5, 0.6) is 0 Å². The lowest BCUT2D eigenvalue weighted by Gasteiger charge is -2.28.